The summed E-state index contributed by atoms with van der Waals surface area (Å²) in [6.07, 6.45) is 1.45. The Morgan fingerprint density at radius 1 is 1.45 bits per heavy atom. The summed E-state index contributed by atoms with van der Waals surface area (Å²) in [5, 5.41) is 13.1. The monoisotopic (exact) mass is 294 g/mol. The van der Waals surface area contributed by atoms with Gasteiger partial charge >= 0.3 is 0 Å². The van der Waals surface area contributed by atoms with Crippen molar-refractivity contribution in [1.82, 2.24) is 0 Å². The van der Waals surface area contributed by atoms with E-state index >= 15 is 0 Å². The van der Waals surface area contributed by atoms with Gasteiger partial charge in [-0.1, -0.05) is 11.6 Å². The van der Waals surface area contributed by atoms with Crippen molar-refractivity contribution in [3.05, 3.63) is 22.7 Å². The number of aliphatic hydroxyl groups is 1. The summed E-state index contributed by atoms with van der Waals surface area (Å²) in [5.74, 6) is 0.369. The van der Waals surface area contributed by atoms with Gasteiger partial charge in [0, 0.05) is 23.8 Å². The highest BCUT2D eigenvalue weighted by molar-refractivity contribution is 6.33. The highest BCUT2D eigenvalue weighted by atomic mass is 35.5. The van der Waals surface area contributed by atoms with Gasteiger partial charge in [-0.05, 0) is 44.7 Å². The largest absolute Gasteiger partial charge is 0.378 e. The van der Waals surface area contributed by atoms with E-state index in [1.807, 2.05) is 6.07 Å². The first-order chi connectivity index (χ1) is 9.47. The maximum absolute atomic E-state index is 11.5. The number of carbonyl (C=O) groups excluding carboxylic acids is 1. The summed E-state index contributed by atoms with van der Waals surface area (Å²) in [5.41, 5.74) is 2.17. The van der Waals surface area contributed by atoms with Gasteiger partial charge in [0.2, 0.25) is 0 Å². The predicted octanol–water partition coefficient (Wildman–Crippen LogP) is 2.95. The second-order valence-corrected chi connectivity index (χ2v) is 6.38. The molecule has 1 unspecified atom stereocenters. The minimum absolute atomic E-state index is 0.341. The van der Waals surface area contributed by atoms with Crippen LogP contribution in [0.3, 0.4) is 0 Å². The Morgan fingerprint density at radius 3 is 2.75 bits per heavy atom. The van der Waals surface area contributed by atoms with E-state index in [0.717, 1.165) is 18.2 Å². The number of amides is 1. The number of carbonyl (C=O) groups is 1. The van der Waals surface area contributed by atoms with E-state index in [4.69, 9.17) is 11.6 Å². The number of hydrogen-bond acceptors (Lipinski definition) is 3. The van der Waals surface area contributed by atoms with Crippen LogP contribution >= 0.6 is 11.6 Å². The van der Waals surface area contributed by atoms with Crippen LogP contribution in [0.1, 0.15) is 38.4 Å². The van der Waals surface area contributed by atoms with Crippen molar-refractivity contribution in [2.45, 2.75) is 38.8 Å². The van der Waals surface area contributed by atoms with Crippen molar-refractivity contribution < 1.29 is 9.90 Å². The molecule has 1 aromatic rings. The molecule has 108 valence electrons. The first-order valence-corrected chi connectivity index (χ1v) is 7.44. The standard InChI is InChI=1S/C15H19ClN2O2/c1-8(2)18(7-9-3-4-9)13-6-12-10(5-11(13)16)14(19)15(20)17-12/h5-6,8-9,14,19H,3-4,7H2,1-2H3,(H,17,20). The Balaban J connectivity index is 1.96. The van der Waals surface area contributed by atoms with Crippen molar-refractivity contribution in [1.29, 1.82) is 0 Å². The zero-order valence-electron chi connectivity index (χ0n) is 11.7. The SMILES string of the molecule is CC(C)N(CC1CC1)c1cc2c(cc1Cl)C(O)C(=O)N2. The average Bonchev–Trinajstić information content (AvgIpc) is 3.16. The van der Waals surface area contributed by atoms with Crippen LogP contribution in [0.2, 0.25) is 5.02 Å². The number of hydrogen-bond donors (Lipinski definition) is 2. The molecule has 1 aliphatic carbocycles. The number of fused-ring (bicyclic) bond motifs is 1. The summed E-state index contributed by atoms with van der Waals surface area (Å²) in [6.45, 7) is 5.27. The summed E-state index contributed by atoms with van der Waals surface area (Å²) >= 11 is 6.37. The molecule has 3 rings (SSSR count). The zero-order chi connectivity index (χ0) is 14.4. The van der Waals surface area contributed by atoms with Gasteiger partial charge < -0.3 is 15.3 Å². The molecular weight excluding hydrogens is 276 g/mol. The quantitative estimate of drug-likeness (QED) is 0.898. The Labute approximate surface area is 123 Å². The van der Waals surface area contributed by atoms with Gasteiger partial charge in [0.05, 0.1) is 10.7 Å². The number of anilines is 2. The van der Waals surface area contributed by atoms with Crippen LogP contribution in [0, 0.1) is 5.92 Å². The van der Waals surface area contributed by atoms with Crippen molar-refractivity contribution in [2.75, 3.05) is 16.8 Å². The van der Waals surface area contributed by atoms with Crippen LogP contribution in [0.4, 0.5) is 11.4 Å². The normalized spacial score (nSPS) is 21.1. The topological polar surface area (TPSA) is 52.6 Å². The molecule has 1 heterocycles. The number of nitrogens with one attached hydrogen (secondary N) is 1. The zero-order valence-corrected chi connectivity index (χ0v) is 12.4. The van der Waals surface area contributed by atoms with E-state index in [9.17, 15) is 9.90 Å². The summed E-state index contributed by atoms with van der Waals surface area (Å²) in [7, 11) is 0. The molecule has 0 spiro atoms. The molecule has 4 nitrogen and oxygen atoms in total. The molecule has 1 fully saturated rings. The van der Waals surface area contributed by atoms with Gasteiger partial charge in [0.1, 0.15) is 0 Å². The molecule has 2 aliphatic rings. The highest BCUT2D eigenvalue weighted by Crippen LogP contribution is 2.41. The fourth-order valence-corrected chi connectivity index (χ4v) is 2.92. The first-order valence-electron chi connectivity index (χ1n) is 7.06. The molecule has 1 amide bonds. The van der Waals surface area contributed by atoms with Crippen molar-refractivity contribution in [2.24, 2.45) is 5.92 Å². The number of halogens is 1. The number of rotatable bonds is 4. The maximum Gasteiger partial charge on any atom is 0.257 e. The molecule has 0 saturated heterocycles. The van der Waals surface area contributed by atoms with Crippen LogP contribution in [0.15, 0.2) is 12.1 Å². The molecule has 1 aliphatic heterocycles. The van der Waals surface area contributed by atoms with Crippen LogP contribution in [-0.2, 0) is 4.79 Å². The molecule has 0 radical (unpaired) electrons. The van der Waals surface area contributed by atoms with Crippen LogP contribution in [0.5, 0.6) is 0 Å². The third-order valence-electron chi connectivity index (χ3n) is 4.00. The molecule has 0 aromatic heterocycles. The van der Waals surface area contributed by atoms with E-state index in [0.29, 0.717) is 22.3 Å². The lowest BCUT2D eigenvalue weighted by Crippen LogP contribution is -2.33. The fraction of sp³-hybridized carbons (Fsp3) is 0.533. The average molecular weight is 295 g/mol. The van der Waals surface area contributed by atoms with E-state index in [1.165, 1.54) is 12.8 Å². The molecule has 0 bridgehead atoms. The number of benzene rings is 1. The number of aliphatic hydroxyl groups excluding tert-OH is 1. The van der Waals surface area contributed by atoms with Gasteiger partial charge in [-0.25, -0.2) is 0 Å². The minimum atomic E-state index is -1.10. The summed E-state index contributed by atoms with van der Waals surface area (Å²) in [6, 6.07) is 3.93. The van der Waals surface area contributed by atoms with Crippen LogP contribution in [0.25, 0.3) is 0 Å². The number of nitrogens with zero attached hydrogens (tertiary/aromatic N) is 1. The lowest BCUT2D eigenvalue weighted by Gasteiger charge is -2.30. The third kappa shape index (κ3) is 2.38. The lowest BCUT2D eigenvalue weighted by atomic mass is 10.1. The molecule has 5 heteroatoms. The smallest absolute Gasteiger partial charge is 0.257 e. The Hall–Kier alpha value is -1.26. The van der Waals surface area contributed by atoms with E-state index in [1.54, 1.807) is 6.07 Å². The second kappa shape index (κ2) is 4.93. The Morgan fingerprint density at radius 2 is 2.15 bits per heavy atom. The van der Waals surface area contributed by atoms with Crippen LogP contribution in [-0.4, -0.2) is 23.6 Å². The second-order valence-electron chi connectivity index (χ2n) is 5.97. The summed E-state index contributed by atoms with van der Waals surface area (Å²) in [4.78, 5) is 13.8. The van der Waals surface area contributed by atoms with Gasteiger partial charge in [-0.3, -0.25) is 4.79 Å². The molecule has 2 N–H and O–H groups in total. The van der Waals surface area contributed by atoms with Gasteiger partial charge in [-0.15, -0.1) is 0 Å². The van der Waals surface area contributed by atoms with E-state index in [-0.39, 0.29) is 5.91 Å². The van der Waals surface area contributed by atoms with Crippen molar-refractivity contribution in [3.63, 3.8) is 0 Å². The summed E-state index contributed by atoms with van der Waals surface area (Å²) < 4.78 is 0. The van der Waals surface area contributed by atoms with E-state index < -0.39 is 6.10 Å². The van der Waals surface area contributed by atoms with Crippen LogP contribution < -0.4 is 10.2 Å². The van der Waals surface area contributed by atoms with Gasteiger partial charge in [0.15, 0.2) is 6.10 Å². The van der Waals surface area contributed by atoms with Gasteiger partial charge in [-0.2, -0.15) is 0 Å². The molecule has 1 saturated carbocycles. The Kier molecular flexibility index (Phi) is 3.38. The molecule has 1 aromatic carbocycles. The first kappa shape index (κ1) is 13.7. The minimum Gasteiger partial charge on any atom is -0.378 e. The van der Waals surface area contributed by atoms with Gasteiger partial charge in [0.25, 0.3) is 5.91 Å². The van der Waals surface area contributed by atoms with Crippen molar-refractivity contribution in [3.8, 4) is 0 Å². The highest BCUT2D eigenvalue weighted by Gasteiger charge is 2.32. The van der Waals surface area contributed by atoms with E-state index in [2.05, 4.69) is 24.1 Å². The lowest BCUT2D eigenvalue weighted by molar-refractivity contribution is -0.123. The fourth-order valence-electron chi connectivity index (χ4n) is 2.64. The Bertz CT molecular complexity index is 555. The predicted molar refractivity (Wildman–Crippen MR) is 80.2 cm³/mol. The maximum atomic E-state index is 11.5. The molecule has 20 heavy (non-hydrogen) atoms. The molecule has 1 atom stereocenters. The third-order valence-corrected chi connectivity index (χ3v) is 4.31. The van der Waals surface area contributed by atoms with Crippen molar-refractivity contribution >= 4 is 28.9 Å². The molecular formula is C15H19ClN2O2.